The standard InChI is InChI=1S/C11H12Cl2N2O2.ClH/c12-9-1-6(2-10(13)15-9)5-17-11(16)7-3-8(14)4-7;/h1-2,7-8H,3-5,14H2;1H/t7-,8+;. The third-order valence-corrected chi connectivity index (χ3v) is 3.10. The van der Waals surface area contributed by atoms with E-state index in [9.17, 15) is 4.79 Å². The Morgan fingerprint density at radius 2 is 1.94 bits per heavy atom. The summed E-state index contributed by atoms with van der Waals surface area (Å²) in [6, 6.07) is 3.37. The summed E-state index contributed by atoms with van der Waals surface area (Å²) in [5.74, 6) is -0.270. The molecule has 1 saturated carbocycles. The maximum Gasteiger partial charge on any atom is 0.309 e. The van der Waals surface area contributed by atoms with E-state index in [1.54, 1.807) is 12.1 Å². The molecule has 1 aliphatic carbocycles. The normalized spacial score (nSPS) is 21.7. The van der Waals surface area contributed by atoms with Gasteiger partial charge in [-0.05, 0) is 30.5 Å². The molecular formula is C11H13Cl3N2O2. The number of aromatic nitrogens is 1. The summed E-state index contributed by atoms with van der Waals surface area (Å²) in [6.45, 7) is 0.159. The van der Waals surface area contributed by atoms with Gasteiger partial charge in [0.05, 0.1) is 5.92 Å². The summed E-state index contributed by atoms with van der Waals surface area (Å²) in [4.78, 5) is 15.4. The molecule has 1 aliphatic rings. The van der Waals surface area contributed by atoms with Gasteiger partial charge in [-0.1, -0.05) is 23.2 Å². The lowest BCUT2D eigenvalue weighted by molar-refractivity contribution is -0.153. The van der Waals surface area contributed by atoms with E-state index in [1.165, 1.54) is 0 Å². The first-order chi connectivity index (χ1) is 8.04. The number of hydrogen-bond acceptors (Lipinski definition) is 4. The molecule has 0 spiro atoms. The average Bonchev–Trinajstić information content (AvgIpc) is 2.20. The molecule has 7 heteroatoms. The van der Waals surface area contributed by atoms with Crippen LogP contribution in [-0.2, 0) is 16.1 Å². The molecule has 2 N–H and O–H groups in total. The van der Waals surface area contributed by atoms with Gasteiger partial charge in [-0.25, -0.2) is 4.98 Å². The van der Waals surface area contributed by atoms with Gasteiger partial charge in [-0.15, -0.1) is 12.4 Å². The van der Waals surface area contributed by atoms with Crippen LogP contribution >= 0.6 is 35.6 Å². The number of esters is 1. The van der Waals surface area contributed by atoms with Gasteiger partial charge in [0.25, 0.3) is 0 Å². The Labute approximate surface area is 121 Å². The maximum atomic E-state index is 11.6. The molecule has 18 heavy (non-hydrogen) atoms. The fourth-order valence-electron chi connectivity index (χ4n) is 1.72. The molecule has 4 nitrogen and oxygen atoms in total. The molecule has 1 aromatic heterocycles. The van der Waals surface area contributed by atoms with Crippen LogP contribution < -0.4 is 5.73 Å². The van der Waals surface area contributed by atoms with Gasteiger partial charge in [-0.3, -0.25) is 4.79 Å². The number of ether oxygens (including phenoxy) is 1. The second-order valence-electron chi connectivity index (χ2n) is 4.16. The molecule has 0 radical (unpaired) electrons. The molecule has 0 aliphatic heterocycles. The van der Waals surface area contributed by atoms with Crippen molar-refractivity contribution in [3.8, 4) is 0 Å². The van der Waals surface area contributed by atoms with E-state index in [4.69, 9.17) is 33.7 Å². The van der Waals surface area contributed by atoms with Gasteiger partial charge >= 0.3 is 5.97 Å². The zero-order valence-corrected chi connectivity index (χ0v) is 11.8. The Morgan fingerprint density at radius 3 is 2.44 bits per heavy atom. The van der Waals surface area contributed by atoms with E-state index in [-0.39, 0.29) is 47.2 Å². The quantitative estimate of drug-likeness (QED) is 0.688. The van der Waals surface area contributed by atoms with Crippen LogP contribution in [0.5, 0.6) is 0 Å². The van der Waals surface area contributed by atoms with Gasteiger partial charge in [0.2, 0.25) is 0 Å². The van der Waals surface area contributed by atoms with E-state index in [0.29, 0.717) is 12.8 Å². The number of carbonyl (C=O) groups is 1. The Morgan fingerprint density at radius 1 is 1.39 bits per heavy atom. The molecule has 0 unspecified atom stereocenters. The summed E-state index contributed by atoms with van der Waals surface area (Å²) >= 11 is 11.5. The SMILES string of the molecule is Cl.N[C@H]1C[C@@H](C(=O)OCc2cc(Cl)nc(Cl)c2)C1. The Kier molecular flexibility index (Phi) is 5.66. The van der Waals surface area contributed by atoms with Crippen LogP contribution in [0, 0.1) is 5.92 Å². The number of nitrogens with zero attached hydrogens (tertiary/aromatic N) is 1. The Hall–Kier alpha value is -0.550. The van der Waals surface area contributed by atoms with Crippen LogP contribution in [0.15, 0.2) is 12.1 Å². The van der Waals surface area contributed by atoms with Crippen LogP contribution in [0.1, 0.15) is 18.4 Å². The van der Waals surface area contributed by atoms with Crippen LogP contribution in [0.2, 0.25) is 10.3 Å². The molecule has 1 fully saturated rings. The predicted octanol–water partition coefficient (Wildman–Crippen LogP) is 2.59. The zero-order valence-electron chi connectivity index (χ0n) is 9.44. The summed E-state index contributed by atoms with van der Waals surface area (Å²) in [5.41, 5.74) is 6.33. The highest BCUT2D eigenvalue weighted by Crippen LogP contribution is 2.27. The van der Waals surface area contributed by atoms with Crippen LogP contribution in [0.25, 0.3) is 0 Å². The van der Waals surface area contributed by atoms with Crippen molar-refractivity contribution in [1.29, 1.82) is 0 Å². The lowest BCUT2D eigenvalue weighted by atomic mass is 9.81. The highest BCUT2D eigenvalue weighted by atomic mass is 35.5. The number of hydrogen-bond donors (Lipinski definition) is 1. The number of halogens is 3. The van der Waals surface area contributed by atoms with Crippen molar-refractivity contribution < 1.29 is 9.53 Å². The fraction of sp³-hybridized carbons (Fsp3) is 0.455. The second kappa shape index (κ2) is 6.57. The molecule has 2 rings (SSSR count). The Balaban J connectivity index is 0.00000162. The van der Waals surface area contributed by atoms with E-state index in [1.807, 2.05) is 0 Å². The van der Waals surface area contributed by atoms with Crippen molar-refractivity contribution in [3.05, 3.63) is 28.0 Å². The zero-order chi connectivity index (χ0) is 12.4. The highest BCUT2D eigenvalue weighted by Gasteiger charge is 2.33. The van der Waals surface area contributed by atoms with E-state index >= 15 is 0 Å². The van der Waals surface area contributed by atoms with Gasteiger partial charge in [0, 0.05) is 6.04 Å². The minimum atomic E-state index is -0.212. The summed E-state index contributed by atoms with van der Waals surface area (Å²) in [5, 5.41) is 0.573. The summed E-state index contributed by atoms with van der Waals surface area (Å²) in [6.07, 6.45) is 1.41. The van der Waals surface area contributed by atoms with E-state index in [2.05, 4.69) is 4.98 Å². The summed E-state index contributed by atoms with van der Waals surface area (Å²) in [7, 11) is 0. The number of nitrogens with two attached hydrogens (primary N) is 1. The molecule has 0 saturated heterocycles. The number of pyridine rings is 1. The van der Waals surface area contributed by atoms with Crippen LogP contribution in [0.4, 0.5) is 0 Å². The third kappa shape index (κ3) is 3.99. The largest absolute Gasteiger partial charge is 0.461 e. The molecular weight excluding hydrogens is 298 g/mol. The average molecular weight is 312 g/mol. The van der Waals surface area contributed by atoms with Crippen molar-refractivity contribution in [2.24, 2.45) is 11.7 Å². The summed E-state index contributed by atoms with van der Waals surface area (Å²) < 4.78 is 5.15. The first kappa shape index (κ1) is 15.5. The van der Waals surface area contributed by atoms with E-state index in [0.717, 1.165) is 5.56 Å². The van der Waals surface area contributed by atoms with Crippen LogP contribution in [0.3, 0.4) is 0 Å². The molecule has 0 amide bonds. The topological polar surface area (TPSA) is 65.2 Å². The smallest absolute Gasteiger partial charge is 0.309 e. The molecule has 1 heterocycles. The minimum absolute atomic E-state index is 0. The fourth-order valence-corrected chi connectivity index (χ4v) is 2.23. The Bertz CT molecular complexity index is 416. The van der Waals surface area contributed by atoms with Crippen molar-refractivity contribution in [2.75, 3.05) is 0 Å². The molecule has 0 atom stereocenters. The van der Waals surface area contributed by atoms with Gasteiger partial charge in [0.15, 0.2) is 0 Å². The van der Waals surface area contributed by atoms with Crippen molar-refractivity contribution in [1.82, 2.24) is 4.98 Å². The lowest BCUT2D eigenvalue weighted by Crippen LogP contribution is -2.41. The molecule has 100 valence electrons. The predicted molar refractivity (Wildman–Crippen MR) is 72.0 cm³/mol. The lowest BCUT2D eigenvalue weighted by Gasteiger charge is -2.30. The first-order valence-electron chi connectivity index (χ1n) is 5.29. The van der Waals surface area contributed by atoms with Crippen LogP contribution in [-0.4, -0.2) is 17.0 Å². The van der Waals surface area contributed by atoms with E-state index < -0.39 is 0 Å². The van der Waals surface area contributed by atoms with Crippen molar-refractivity contribution in [2.45, 2.75) is 25.5 Å². The first-order valence-corrected chi connectivity index (χ1v) is 6.04. The van der Waals surface area contributed by atoms with Gasteiger partial charge in [0.1, 0.15) is 16.9 Å². The van der Waals surface area contributed by atoms with Gasteiger partial charge in [-0.2, -0.15) is 0 Å². The minimum Gasteiger partial charge on any atom is -0.461 e. The maximum absolute atomic E-state index is 11.6. The number of carbonyl (C=O) groups excluding carboxylic acids is 1. The van der Waals surface area contributed by atoms with Gasteiger partial charge < -0.3 is 10.5 Å². The molecule has 0 aromatic carbocycles. The van der Waals surface area contributed by atoms with Crippen molar-refractivity contribution in [3.63, 3.8) is 0 Å². The monoisotopic (exact) mass is 310 g/mol. The number of rotatable bonds is 3. The highest BCUT2D eigenvalue weighted by molar-refractivity contribution is 6.32. The second-order valence-corrected chi connectivity index (χ2v) is 4.93. The van der Waals surface area contributed by atoms with Crippen molar-refractivity contribution >= 4 is 41.6 Å². The third-order valence-electron chi connectivity index (χ3n) is 2.71. The molecule has 0 bridgehead atoms. The molecule has 1 aromatic rings.